The van der Waals surface area contributed by atoms with Gasteiger partial charge in [0, 0.05) is 6.92 Å². The number of hydrogen-bond acceptors (Lipinski definition) is 7. The summed E-state index contributed by atoms with van der Waals surface area (Å²) in [5.41, 5.74) is 2.15. The van der Waals surface area contributed by atoms with Crippen molar-refractivity contribution in [2.75, 3.05) is 12.6 Å². The van der Waals surface area contributed by atoms with Gasteiger partial charge < -0.3 is 9.57 Å². The zero-order valence-electron chi connectivity index (χ0n) is 10.2. The molecule has 1 aromatic carbocycles. The van der Waals surface area contributed by atoms with Crippen molar-refractivity contribution in [3.63, 3.8) is 0 Å². The number of esters is 1. The first-order valence-corrected chi connectivity index (χ1v) is 6.49. The van der Waals surface area contributed by atoms with E-state index in [0.29, 0.717) is 0 Å². The van der Waals surface area contributed by atoms with Crippen molar-refractivity contribution in [3.05, 3.63) is 23.8 Å². The summed E-state index contributed by atoms with van der Waals surface area (Å²) in [6.07, 6.45) is 0. The molecule has 0 amide bonds. The molecule has 19 heavy (non-hydrogen) atoms. The summed E-state index contributed by atoms with van der Waals surface area (Å²) in [4.78, 5) is 26.1. The van der Waals surface area contributed by atoms with Gasteiger partial charge in [0.1, 0.15) is 0 Å². The Hall–Kier alpha value is -2.13. The van der Waals surface area contributed by atoms with Gasteiger partial charge in [-0.2, -0.15) is 0 Å². The Morgan fingerprint density at radius 3 is 2.42 bits per heavy atom. The number of anilines is 1. The molecule has 0 unspecified atom stereocenters. The molecule has 0 aromatic heterocycles. The first-order valence-electron chi connectivity index (χ1n) is 4.94. The maximum absolute atomic E-state index is 11.4. The van der Waals surface area contributed by atoms with E-state index in [2.05, 4.69) is 15.1 Å². The van der Waals surface area contributed by atoms with Crippen LogP contribution in [0.3, 0.4) is 0 Å². The second-order valence-corrected chi connectivity index (χ2v) is 4.97. The van der Waals surface area contributed by atoms with E-state index in [1.165, 1.54) is 12.1 Å². The van der Waals surface area contributed by atoms with Gasteiger partial charge in [0.15, 0.2) is 0 Å². The second-order valence-electron chi connectivity index (χ2n) is 3.44. The second kappa shape index (κ2) is 5.67. The summed E-state index contributed by atoms with van der Waals surface area (Å²) in [5.74, 6) is -1.46. The largest absolute Gasteiger partial charge is 0.465 e. The van der Waals surface area contributed by atoms with Crippen LogP contribution in [0.4, 0.5) is 5.69 Å². The van der Waals surface area contributed by atoms with Gasteiger partial charge >= 0.3 is 11.9 Å². The van der Waals surface area contributed by atoms with E-state index in [1.807, 2.05) is 0 Å². The van der Waals surface area contributed by atoms with Gasteiger partial charge in [-0.05, 0) is 18.2 Å². The van der Waals surface area contributed by atoms with Crippen molar-refractivity contribution in [3.8, 4) is 0 Å². The van der Waals surface area contributed by atoms with Gasteiger partial charge in [0.25, 0.3) is 0 Å². The van der Waals surface area contributed by atoms with Gasteiger partial charge in [0.05, 0.1) is 23.3 Å². The van der Waals surface area contributed by atoms with Crippen LogP contribution in [0, 0.1) is 0 Å². The van der Waals surface area contributed by atoms with Crippen molar-refractivity contribution < 1.29 is 27.6 Å². The molecule has 9 heteroatoms. The van der Waals surface area contributed by atoms with Crippen molar-refractivity contribution in [1.29, 1.82) is 0 Å². The lowest BCUT2D eigenvalue weighted by Crippen LogP contribution is -2.18. The lowest BCUT2D eigenvalue weighted by Gasteiger charge is -2.09. The van der Waals surface area contributed by atoms with Gasteiger partial charge in [-0.25, -0.2) is 23.8 Å². The van der Waals surface area contributed by atoms with E-state index in [9.17, 15) is 18.0 Å². The van der Waals surface area contributed by atoms with Gasteiger partial charge in [0.2, 0.25) is 10.0 Å². The minimum absolute atomic E-state index is 0.145. The zero-order valence-corrected chi connectivity index (χ0v) is 11.0. The van der Waals surface area contributed by atoms with Crippen LogP contribution in [0.1, 0.15) is 17.3 Å². The first-order chi connectivity index (χ1) is 8.75. The maximum atomic E-state index is 11.4. The summed E-state index contributed by atoms with van der Waals surface area (Å²) in [7, 11) is -3.02. The van der Waals surface area contributed by atoms with Crippen LogP contribution in [0.25, 0.3) is 0 Å². The van der Waals surface area contributed by atoms with Crippen molar-refractivity contribution in [2.24, 2.45) is 5.14 Å². The average Bonchev–Trinajstić information content (AvgIpc) is 2.34. The number of carbonyl (C=O) groups excluding carboxylic acids is 2. The molecule has 0 aliphatic heterocycles. The third kappa shape index (κ3) is 3.93. The Bertz CT molecular complexity index is 610. The van der Waals surface area contributed by atoms with E-state index in [1.54, 1.807) is 0 Å². The molecule has 1 rings (SSSR count). The molecule has 0 aliphatic rings. The minimum atomic E-state index is -4.13. The zero-order chi connectivity index (χ0) is 14.6. The van der Waals surface area contributed by atoms with Crippen LogP contribution in [-0.2, 0) is 24.4 Å². The summed E-state index contributed by atoms with van der Waals surface area (Å²) in [6.45, 7) is 1.16. The highest BCUT2D eigenvalue weighted by Gasteiger charge is 2.20. The first kappa shape index (κ1) is 14.9. The SMILES string of the molecule is COC(=O)c1ccc(NOC(C)=O)cc1S(N)(=O)=O. The fourth-order valence-corrected chi connectivity index (χ4v) is 1.98. The van der Waals surface area contributed by atoms with Crippen LogP contribution in [-0.4, -0.2) is 27.5 Å². The van der Waals surface area contributed by atoms with E-state index in [0.717, 1.165) is 20.1 Å². The molecule has 0 bridgehead atoms. The Balaban J connectivity index is 3.24. The number of sulfonamides is 1. The fraction of sp³-hybridized carbons (Fsp3) is 0.200. The molecular weight excluding hydrogens is 276 g/mol. The number of carbonyl (C=O) groups is 2. The Morgan fingerprint density at radius 1 is 1.32 bits per heavy atom. The van der Waals surface area contributed by atoms with Crippen LogP contribution in [0.5, 0.6) is 0 Å². The van der Waals surface area contributed by atoms with Crippen LogP contribution < -0.4 is 10.6 Å². The molecule has 104 valence electrons. The molecule has 0 saturated heterocycles. The summed E-state index contributed by atoms with van der Waals surface area (Å²) >= 11 is 0. The van der Waals surface area contributed by atoms with E-state index < -0.39 is 26.9 Å². The predicted molar refractivity (Wildman–Crippen MR) is 64.5 cm³/mol. The van der Waals surface area contributed by atoms with Crippen LogP contribution in [0.2, 0.25) is 0 Å². The van der Waals surface area contributed by atoms with Crippen LogP contribution in [0.15, 0.2) is 23.1 Å². The smallest absolute Gasteiger partial charge is 0.339 e. The number of benzene rings is 1. The highest BCUT2D eigenvalue weighted by Crippen LogP contribution is 2.20. The standard InChI is InChI=1S/C10H12N2O6S/c1-6(13)18-12-7-3-4-8(10(14)17-2)9(5-7)19(11,15)16/h3-5,12H,1-2H3,(H2,11,15,16). The summed E-state index contributed by atoms with van der Waals surface area (Å²) in [6, 6.07) is 3.59. The molecule has 0 saturated carbocycles. The summed E-state index contributed by atoms with van der Waals surface area (Å²) < 4.78 is 27.2. The molecule has 0 atom stereocenters. The quantitative estimate of drug-likeness (QED) is 0.590. The molecule has 0 aliphatic carbocycles. The topological polar surface area (TPSA) is 125 Å². The van der Waals surface area contributed by atoms with Gasteiger partial charge in [-0.15, -0.1) is 0 Å². The molecule has 0 fully saturated rings. The highest BCUT2D eigenvalue weighted by atomic mass is 32.2. The van der Waals surface area contributed by atoms with Gasteiger partial charge in [-0.1, -0.05) is 0 Å². The van der Waals surface area contributed by atoms with Crippen molar-refractivity contribution in [1.82, 2.24) is 0 Å². The number of primary sulfonamides is 1. The van der Waals surface area contributed by atoms with Crippen LogP contribution >= 0.6 is 0 Å². The molecule has 1 aromatic rings. The molecular formula is C10H12N2O6S. The van der Waals surface area contributed by atoms with Gasteiger partial charge in [-0.3, -0.25) is 4.79 Å². The number of nitrogens with two attached hydrogens (primary N) is 1. The summed E-state index contributed by atoms with van der Waals surface area (Å²) in [5, 5.41) is 5.00. The van der Waals surface area contributed by atoms with Crippen molar-refractivity contribution in [2.45, 2.75) is 11.8 Å². The molecule has 0 heterocycles. The monoisotopic (exact) mass is 288 g/mol. The molecule has 0 radical (unpaired) electrons. The Kier molecular flexibility index (Phi) is 4.46. The number of methoxy groups -OCH3 is 1. The lowest BCUT2D eigenvalue weighted by atomic mass is 10.2. The highest BCUT2D eigenvalue weighted by molar-refractivity contribution is 7.89. The van der Waals surface area contributed by atoms with E-state index in [4.69, 9.17) is 5.14 Å². The number of hydrogen-bond donors (Lipinski definition) is 2. The van der Waals surface area contributed by atoms with Crippen molar-refractivity contribution >= 4 is 27.6 Å². The van der Waals surface area contributed by atoms with E-state index in [-0.39, 0.29) is 11.3 Å². The molecule has 8 nitrogen and oxygen atoms in total. The third-order valence-electron chi connectivity index (χ3n) is 2.01. The minimum Gasteiger partial charge on any atom is -0.465 e. The number of rotatable bonds is 4. The molecule has 3 N–H and O–H groups in total. The lowest BCUT2D eigenvalue weighted by molar-refractivity contribution is -0.138. The average molecular weight is 288 g/mol. The maximum Gasteiger partial charge on any atom is 0.339 e. The Morgan fingerprint density at radius 2 is 1.95 bits per heavy atom. The number of nitrogens with one attached hydrogen (secondary N) is 1. The predicted octanol–water partition coefficient (Wildman–Crippen LogP) is 0.0106. The fourth-order valence-electron chi connectivity index (χ4n) is 1.23. The molecule has 0 spiro atoms. The number of ether oxygens (including phenoxy) is 1. The van der Waals surface area contributed by atoms with E-state index >= 15 is 0 Å². The Labute approximate surface area is 109 Å². The third-order valence-corrected chi connectivity index (χ3v) is 2.96. The normalized spacial score (nSPS) is 10.7.